The van der Waals surface area contributed by atoms with Gasteiger partial charge in [0.15, 0.2) is 11.6 Å². The first-order chi connectivity index (χ1) is 13.1. The molecule has 0 unspecified atom stereocenters. The predicted molar refractivity (Wildman–Crippen MR) is 102 cm³/mol. The predicted octanol–water partition coefficient (Wildman–Crippen LogP) is 3.99. The Labute approximate surface area is 161 Å². The van der Waals surface area contributed by atoms with Crippen LogP contribution >= 0.6 is 0 Å². The SMILES string of the molecule is C[C@H](C(=O)O)C(C)(C)NC(=O)Nc1c(F)cc(C#Cc2ccccc2)cc1F. The second-order valence-electron chi connectivity index (χ2n) is 6.79. The van der Waals surface area contributed by atoms with E-state index in [1.807, 2.05) is 6.07 Å². The van der Waals surface area contributed by atoms with E-state index >= 15 is 0 Å². The summed E-state index contributed by atoms with van der Waals surface area (Å²) in [5, 5.41) is 13.6. The van der Waals surface area contributed by atoms with Crippen LogP contribution in [0.25, 0.3) is 0 Å². The van der Waals surface area contributed by atoms with Gasteiger partial charge in [-0.15, -0.1) is 0 Å². The van der Waals surface area contributed by atoms with Crippen molar-refractivity contribution in [3.05, 3.63) is 65.2 Å². The van der Waals surface area contributed by atoms with Crippen molar-refractivity contribution in [2.45, 2.75) is 26.3 Å². The van der Waals surface area contributed by atoms with E-state index in [4.69, 9.17) is 5.11 Å². The Bertz CT molecular complexity index is 924. The number of benzene rings is 2. The third kappa shape index (κ3) is 5.30. The quantitative estimate of drug-likeness (QED) is 0.696. The molecule has 2 aromatic carbocycles. The highest BCUT2D eigenvalue weighted by Gasteiger charge is 2.33. The fourth-order valence-electron chi connectivity index (χ4n) is 2.28. The van der Waals surface area contributed by atoms with Crippen LogP contribution < -0.4 is 10.6 Å². The van der Waals surface area contributed by atoms with Gasteiger partial charge in [0.05, 0.1) is 5.92 Å². The number of carboxylic acids is 1. The molecule has 0 spiro atoms. The van der Waals surface area contributed by atoms with Gasteiger partial charge in [-0.05, 0) is 45.0 Å². The maximum Gasteiger partial charge on any atom is 0.319 e. The summed E-state index contributed by atoms with van der Waals surface area (Å²) < 4.78 is 28.5. The second kappa shape index (κ2) is 8.53. The standard InChI is InChI=1S/C21H20F2N2O3/c1-13(19(26)27)21(2,3)25-20(28)24-18-16(22)11-15(12-17(18)23)10-9-14-7-5-4-6-8-14/h4-8,11-13H,1-3H3,(H,26,27)(H2,24,25,28)/t13-/m1/s1. The summed E-state index contributed by atoms with van der Waals surface area (Å²) in [6.45, 7) is 4.42. The molecule has 1 atom stereocenters. The number of amides is 2. The van der Waals surface area contributed by atoms with Gasteiger partial charge >= 0.3 is 12.0 Å². The van der Waals surface area contributed by atoms with Gasteiger partial charge in [-0.3, -0.25) is 4.79 Å². The first-order valence-electron chi connectivity index (χ1n) is 8.48. The van der Waals surface area contributed by atoms with Crippen LogP contribution in [0, 0.1) is 29.4 Å². The molecule has 5 nitrogen and oxygen atoms in total. The minimum absolute atomic E-state index is 0.115. The molecule has 0 saturated carbocycles. The van der Waals surface area contributed by atoms with Crippen LogP contribution in [0.1, 0.15) is 31.9 Å². The number of halogens is 2. The van der Waals surface area contributed by atoms with Gasteiger partial charge in [0.1, 0.15) is 5.69 Å². The van der Waals surface area contributed by atoms with Gasteiger partial charge in [-0.2, -0.15) is 0 Å². The molecule has 0 bridgehead atoms. The van der Waals surface area contributed by atoms with Crippen molar-refractivity contribution in [2.24, 2.45) is 5.92 Å². The van der Waals surface area contributed by atoms with Crippen LogP contribution in [-0.2, 0) is 4.79 Å². The second-order valence-corrected chi connectivity index (χ2v) is 6.79. The highest BCUT2D eigenvalue weighted by molar-refractivity contribution is 5.90. The van der Waals surface area contributed by atoms with E-state index in [0.29, 0.717) is 5.56 Å². The number of nitrogens with one attached hydrogen (secondary N) is 2. The Kier molecular flexibility index (Phi) is 6.37. The largest absolute Gasteiger partial charge is 0.481 e. The summed E-state index contributed by atoms with van der Waals surface area (Å²) in [5.74, 6) is 1.46. The molecule has 7 heteroatoms. The van der Waals surface area contributed by atoms with E-state index in [9.17, 15) is 18.4 Å². The maximum atomic E-state index is 14.3. The average Bonchev–Trinajstić information content (AvgIpc) is 2.62. The summed E-state index contributed by atoms with van der Waals surface area (Å²) >= 11 is 0. The zero-order valence-electron chi connectivity index (χ0n) is 15.6. The van der Waals surface area contributed by atoms with Crippen molar-refractivity contribution in [2.75, 3.05) is 5.32 Å². The van der Waals surface area contributed by atoms with Gasteiger partial charge in [0.2, 0.25) is 0 Å². The molecule has 28 heavy (non-hydrogen) atoms. The van der Waals surface area contributed by atoms with Crippen LogP contribution in [0.5, 0.6) is 0 Å². The fraction of sp³-hybridized carbons (Fsp3) is 0.238. The summed E-state index contributed by atoms with van der Waals surface area (Å²) in [6, 6.07) is 10.1. The number of carboxylic acid groups (broad SMARTS) is 1. The first-order valence-corrected chi connectivity index (χ1v) is 8.48. The number of aliphatic carboxylic acids is 1. The van der Waals surface area contributed by atoms with E-state index in [-0.39, 0.29) is 5.56 Å². The van der Waals surface area contributed by atoms with E-state index in [2.05, 4.69) is 22.5 Å². The molecule has 0 aliphatic heterocycles. The molecule has 0 aromatic heterocycles. The maximum absolute atomic E-state index is 14.3. The molecule has 0 saturated heterocycles. The van der Waals surface area contributed by atoms with E-state index in [0.717, 1.165) is 12.1 Å². The zero-order chi connectivity index (χ0) is 20.9. The molecule has 2 aromatic rings. The number of hydrogen-bond acceptors (Lipinski definition) is 2. The van der Waals surface area contributed by atoms with E-state index < -0.39 is 40.8 Å². The van der Waals surface area contributed by atoms with Crippen molar-refractivity contribution in [1.29, 1.82) is 0 Å². The molecule has 3 N–H and O–H groups in total. The fourth-order valence-corrected chi connectivity index (χ4v) is 2.28. The van der Waals surface area contributed by atoms with Crippen LogP contribution in [0.15, 0.2) is 42.5 Å². The highest BCUT2D eigenvalue weighted by atomic mass is 19.1. The number of carbonyl (C=O) groups is 2. The molecule has 0 radical (unpaired) electrons. The molecule has 146 valence electrons. The lowest BCUT2D eigenvalue weighted by Crippen LogP contribution is -2.52. The molecule has 0 heterocycles. The Morgan fingerprint density at radius 2 is 1.57 bits per heavy atom. The number of rotatable bonds is 4. The third-order valence-electron chi connectivity index (χ3n) is 4.29. The number of urea groups is 1. The summed E-state index contributed by atoms with van der Waals surface area (Å²) in [5.41, 5.74) is -0.963. The Morgan fingerprint density at radius 1 is 1.04 bits per heavy atom. The van der Waals surface area contributed by atoms with Crippen molar-refractivity contribution in [1.82, 2.24) is 5.32 Å². The van der Waals surface area contributed by atoms with Crippen molar-refractivity contribution in [3.63, 3.8) is 0 Å². The van der Waals surface area contributed by atoms with Gasteiger partial charge in [0, 0.05) is 16.7 Å². The van der Waals surface area contributed by atoms with Gasteiger partial charge < -0.3 is 15.7 Å². The summed E-state index contributed by atoms with van der Waals surface area (Å²) in [4.78, 5) is 23.2. The normalized spacial score (nSPS) is 11.8. The number of hydrogen-bond donors (Lipinski definition) is 3. The Hall–Kier alpha value is -3.40. The lowest BCUT2D eigenvalue weighted by Gasteiger charge is -2.30. The number of anilines is 1. The lowest BCUT2D eigenvalue weighted by molar-refractivity contribution is -0.143. The van der Waals surface area contributed by atoms with Gasteiger partial charge in [-0.1, -0.05) is 30.0 Å². The molecule has 0 aliphatic carbocycles. The lowest BCUT2D eigenvalue weighted by atomic mass is 9.89. The summed E-state index contributed by atoms with van der Waals surface area (Å²) in [7, 11) is 0. The zero-order valence-corrected chi connectivity index (χ0v) is 15.6. The van der Waals surface area contributed by atoms with Crippen LogP contribution in [-0.4, -0.2) is 22.6 Å². The van der Waals surface area contributed by atoms with Gasteiger partial charge in [-0.25, -0.2) is 13.6 Å². The topological polar surface area (TPSA) is 78.4 Å². The first kappa shape index (κ1) is 20.9. The molecule has 0 fully saturated rings. The van der Waals surface area contributed by atoms with Crippen molar-refractivity contribution in [3.8, 4) is 11.8 Å². The monoisotopic (exact) mass is 386 g/mol. The Morgan fingerprint density at radius 3 is 2.11 bits per heavy atom. The van der Waals surface area contributed by atoms with E-state index in [1.165, 1.54) is 20.8 Å². The molecule has 2 amide bonds. The molecular formula is C21H20F2N2O3. The van der Waals surface area contributed by atoms with Crippen molar-refractivity contribution >= 4 is 17.7 Å². The average molecular weight is 386 g/mol. The van der Waals surface area contributed by atoms with Crippen LogP contribution in [0.2, 0.25) is 0 Å². The minimum atomic E-state index is -1.13. The Balaban J connectivity index is 2.16. The highest BCUT2D eigenvalue weighted by Crippen LogP contribution is 2.22. The van der Waals surface area contributed by atoms with Crippen molar-refractivity contribution < 1.29 is 23.5 Å². The van der Waals surface area contributed by atoms with E-state index in [1.54, 1.807) is 24.3 Å². The molecular weight excluding hydrogens is 366 g/mol. The molecule has 0 aliphatic rings. The smallest absolute Gasteiger partial charge is 0.319 e. The summed E-state index contributed by atoms with van der Waals surface area (Å²) in [6.07, 6.45) is 0. The third-order valence-corrected chi connectivity index (χ3v) is 4.29. The van der Waals surface area contributed by atoms with Crippen LogP contribution in [0.3, 0.4) is 0 Å². The molecule has 2 rings (SSSR count). The van der Waals surface area contributed by atoms with Crippen LogP contribution in [0.4, 0.5) is 19.3 Å². The minimum Gasteiger partial charge on any atom is -0.481 e. The number of carbonyl (C=O) groups excluding carboxylic acids is 1. The van der Waals surface area contributed by atoms with Gasteiger partial charge in [0.25, 0.3) is 0 Å².